The first kappa shape index (κ1) is 20.0. The van der Waals surface area contributed by atoms with Crippen LogP contribution in [-0.2, 0) is 0 Å². The molecule has 1 heterocycles. The number of benzene rings is 1. The highest BCUT2D eigenvalue weighted by Gasteiger charge is 2.44. The lowest BCUT2D eigenvalue weighted by molar-refractivity contribution is 0.0749. The first-order valence-electron chi connectivity index (χ1n) is 8.74. The molecule has 1 saturated heterocycles. The molecule has 2 fully saturated rings. The molecule has 0 radical (unpaired) electrons. The molecule has 1 aromatic rings. The van der Waals surface area contributed by atoms with E-state index in [-0.39, 0.29) is 37.3 Å². The summed E-state index contributed by atoms with van der Waals surface area (Å²) in [6.07, 6.45) is -5.04. The molecule has 1 aliphatic heterocycles. The molecule has 5 N–H and O–H groups in total. The van der Waals surface area contributed by atoms with Gasteiger partial charge in [-0.2, -0.15) is 0 Å². The summed E-state index contributed by atoms with van der Waals surface area (Å²) >= 11 is 0. The van der Waals surface area contributed by atoms with Crippen molar-refractivity contribution < 1.29 is 32.3 Å². The highest BCUT2D eigenvalue weighted by atomic mass is 19.3. The van der Waals surface area contributed by atoms with Crippen LogP contribution in [0.5, 0.6) is 0 Å². The maximum Gasteiger partial charge on any atom is 0.407 e. The van der Waals surface area contributed by atoms with E-state index in [4.69, 9.17) is 10.8 Å². The molecule has 0 bridgehead atoms. The average Bonchev–Trinajstić information content (AvgIpc) is 3.39. The van der Waals surface area contributed by atoms with Gasteiger partial charge in [-0.1, -0.05) is 0 Å². The highest BCUT2D eigenvalue weighted by Crippen LogP contribution is 2.39. The van der Waals surface area contributed by atoms with Crippen molar-refractivity contribution in [2.75, 3.05) is 24.1 Å². The molecule has 2 amide bonds. The number of anilines is 2. The van der Waals surface area contributed by atoms with Gasteiger partial charge in [0.2, 0.25) is 6.43 Å². The topological polar surface area (TPSA) is 108 Å². The van der Waals surface area contributed by atoms with Crippen molar-refractivity contribution in [1.82, 2.24) is 10.2 Å². The maximum absolute atomic E-state index is 14.4. The van der Waals surface area contributed by atoms with Crippen LogP contribution in [0.25, 0.3) is 0 Å². The molecule has 0 spiro atoms. The van der Waals surface area contributed by atoms with Gasteiger partial charge in [0.1, 0.15) is 12.0 Å². The van der Waals surface area contributed by atoms with E-state index in [2.05, 4.69) is 10.6 Å². The first-order chi connectivity index (χ1) is 13.2. The smallest absolute Gasteiger partial charge is 0.407 e. The number of nitrogens with two attached hydrogens (primary N) is 1. The van der Waals surface area contributed by atoms with Gasteiger partial charge in [0.25, 0.3) is 5.91 Å². The van der Waals surface area contributed by atoms with Crippen LogP contribution in [0.3, 0.4) is 0 Å². The number of nitrogens with zero attached hydrogens (tertiary/aromatic N) is 1. The fourth-order valence-corrected chi connectivity index (χ4v) is 3.23. The number of halogens is 4. The number of carbonyl (C=O) groups is 2. The summed E-state index contributed by atoms with van der Waals surface area (Å²) < 4.78 is 53.6. The van der Waals surface area contributed by atoms with Crippen LogP contribution in [0, 0.1) is 11.7 Å². The Hall–Kier alpha value is -2.72. The van der Waals surface area contributed by atoms with Crippen LogP contribution < -0.4 is 16.4 Å². The van der Waals surface area contributed by atoms with Gasteiger partial charge < -0.3 is 26.4 Å². The number of nitrogen functional groups attached to an aromatic ring is 1. The van der Waals surface area contributed by atoms with Gasteiger partial charge in [-0.05, 0) is 25.0 Å². The number of piperidine rings is 1. The maximum atomic E-state index is 14.4. The molecule has 1 saturated carbocycles. The Kier molecular flexibility index (Phi) is 5.52. The minimum atomic E-state index is -2.48. The molecule has 1 aromatic carbocycles. The predicted octanol–water partition coefficient (Wildman–Crippen LogP) is 2.29. The Morgan fingerprint density at radius 2 is 2.00 bits per heavy atom. The third kappa shape index (κ3) is 4.23. The third-order valence-electron chi connectivity index (χ3n) is 5.00. The first-order valence-corrected chi connectivity index (χ1v) is 8.74. The SMILES string of the molecule is Nc1cc(C(=O)N[C@H]2CN(C(=O)O)CC[C@@H]2F)c(F)cc1N[C@@H]1C[C@@H]1C(F)F. The summed E-state index contributed by atoms with van der Waals surface area (Å²) in [4.78, 5) is 24.3. The molecule has 0 unspecified atom stereocenters. The van der Waals surface area contributed by atoms with Crippen molar-refractivity contribution in [2.45, 2.75) is 37.5 Å². The van der Waals surface area contributed by atoms with Crippen LogP contribution in [0.2, 0.25) is 0 Å². The number of carbonyl (C=O) groups excluding carboxylic acids is 1. The van der Waals surface area contributed by atoms with Crippen molar-refractivity contribution in [3.63, 3.8) is 0 Å². The molecule has 7 nitrogen and oxygen atoms in total. The Morgan fingerprint density at radius 3 is 2.61 bits per heavy atom. The Morgan fingerprint density at radius 1 is 1.29 bits per heavy atom. The molecule has 28 heavy (non-hydrogen) atoms. The number of amides is 2. The summed E-state index contributed by atoms with van der Waals surface area (Å²) in [7, 11) is 0. The molecule has 154 valence electrons. The standard InChI is InChI=1S/C17H20F4N4O3/c18-9-1-2-25(17(27)28)6-14(9)24-16(26)7-3-11(22)13(5-10(7)19)23-12-4-8(12)15(20)21/h3,5,8-9,12,14-15,23H,1-2,4,6,22H2,(H,24,26)(H,27,28)/t8-,9-,12+,14-/m0/s1. The van der Waals surface area contributed by atoms with Gasteiger partial charge >= 0.3 is 6.09 Å². The van der Waals surface area contributed by atoms with E-state index in [0.717, 1.165) is 17.0 Å². The van der Waals surface area contributed by atoms with Gasteiger partial charge in [-0.25, -0.2) is 22.4 Å². The number of likely N-dealkylation sites (tertiary alicyclic amines) is 1. The predicted molar refractivity (Wildman–Crippen MR) is 92.7 cm³/mol. The van der Waals surface area contributed by atoms with Crippen molar-refractivity contribution in [1.29, 1.82) is 0 Å². The minimum Gasteiger partial charge on any atom is -0.465 e. The molecule has 2 aliphatic rings. The molecule has 3 rings (SSSR count). The van der Waals surface area contributed by atoms with E-state index in [0.29, 0.717) is 0 Å². The lowest BCUT2D eigenvalue weighted by Gasteiger charge is -2.33. The van der Waals surface area contributed by atoms with Gasteiger partial charge in [0.15, 0.2) is 0 Å². The van der Waals surface area contributed by atoms with Crippen LogP contribution in [0.1, 0.15) is 23.2 Å². The zero-order valence-electron chi connectivity index (χ0n) is 14.7. The molecular weight excluding hydrogens is 384 g/mol. The minimum absolute atomic E-state index is 0.00528. The van der Waals surface area contributed by atoms with E-state index >= 15 is 0 Å². The number of hydrogen-bond acceptors (Lipinski definition) is 4. The summed E-state index contributed by atoms with van der Waals surface area (Å²) in [5.74, 6) is -2.72. The summed E-state index contributed by atoms with van der Waals surface area (Å²) in [6.45, 7) is -0.249. The zero-order chi connectivity index (χ0) is 20.6. The Labute approximate surface area is 157 Å². The van der Waals surface area contributed by atoms with E-state index in [1.165, 1.54) is 0 Å². The summed E-state index contributed by atoms with van der Waals surface area (Å²) in [5, 5.41) is 14.0. The van der Waals surface area contributed by atoms with Crippen molar-refractivity contribution >= 4 is 23.4 Å². The van der Waals surface area contributed by atoms with Crippen LogP contribution in [0.15, 0.2) is 12.1 Å². The summed E-state index contributed by atoms with van der Waals surface area (Å²) in [5.41, 5.74) is 5.43. The fourth-order valence-electron chi connectivity index (χ4n) is 3.23. The lowest BCUT2D eigenvalue weighted by Crippen LogP contribution is -2.55. The number of nitrogens with one attached hydrogen (secondary N) is 2. The number of hydrogen-bond donors (Lipinski definition) is 4. The third-order valence-corrected chi connectivity index (χ3v) is 5.00. The van der Waals surface area contributed by atoms with Gasteiger partial charge in [0, 0.05) is 25.0 Å². The lowest BCUT2D eigenvalue weighted by atomic mass is 10.0. The van der Waals surface area contributed by atoms with E-state index in [1.54, 1.807) is 0 Å². The second kappa shape index (κ2) is 7.72. The van der Waals surface area contributed by atoms with E-state index in [1.807, 2.05) is 0 Å². The second-order valence-corrected chi connectivity index (χ2v) is 7.02. The van der Waals surface area contributed by atoms with E-state index < -0.39 is 54.0 Å². The zero-order valence-corrected chi connectivity index (χ0v) is 14.7. The fraction of sp³-hybridized carbons (Fsp3) is 0.529. The molecule has 4 atom stereocenters. The van der Waals surface area contributed by atoms with Crippen molar-refractivity contribution in [2.24, 2.45) is 5.92 Å². The molecule has 1 aliphatic carbocycles. The van der Waals surface area contributed by atoms with Crippen LogP contribution >= 0.6 is 0 Å². The number of carboxylic acid groups (broad SMARTS) is 1. The van der Waals surface area contributed by atoms with Gasteiger partial charge in [0.05, 0.1) is 23.0 Å². The summed E-state index contributed by atoms with van der Waals surface area (Å²) in [6, 6.07) is 0.340. The number of rotatable bonds is 5. The number of alkyl halides is 3. The average molecular weight is 404 g/mol. The second-order valence-electron chi connectivity index (χ2n) is 7.02. The van der Waals surface area contributed by atoms with E-state index in [9.17, 15) is 27.2 Å². The van der Waals surface area contributed by atoms with Gasteiger partial charge in [-0.3, -0.25) is 4.79 Å². The van der Waals surface area contributed by atoms with Crippen molar-refractivity contribution in [3.05, 3.63) is 23.5 Å². The Bertz CT molecular complexity index is 779. The van der Waals surface area contributed by atoms with Crippen LogP contribution in [0.4, 0.5) is 33.7 Å². The van der Waals surface area contributed by atoms with Crippen LogP contribution in [-0.4, -0.2) is 59.8 Å². The van der Waals surface area contributed by atoms with Crippen molar-refractivity contribution in [3.8, 4) is 0 Å². The highest BCUT2D eigenvalue weighted by molar-refractivity contribution is 5.96. The van der Waals surface area contributed by atoms with Gasteiger partial charge in [-0.15, -0.1) is 0 Å². The molecular formula is C17H20F4N4O3. The Balaban J connectivity index is 1.68. The normalized spacial score (nSPS) is 26.8. The largest absolute Gasteiger partial charge is 0.465 e. The quantitative estimate of drug-likeness (QED) is 0.445. The molecule has 0 aromatic heterocycles. The monoisotopic (exact) mass is 404 g/mol. The molecule has 11 heteroatoms.